The minimum atomic E-state index is -0.584. The van der Waals surface area contributed by atoms with E-state index >= 15 is 0 Å². The van der Waals surface area contributed by atoms with Crippen LogP contribution in [0.1, 0.15) is 24.8 Å². The van der Waals surface area contributed by atoms with Gasteiger partial charge in [0.05, 0.1) is 40.4 Å². The molecule has 1 aromatic rings. The van der Waals surface area contributed by atoms with Gasteiger partial charge in [-0.1, -0.05) is 0 Å². The van der Waals surface area contributed by atoms with Crippen LogP contribution < -0.4 is 14.2 Å². The molecule has 2 amide bonds. The summed E-state index contributed by atoms with van der Waals surface area (Å²) in [6.07, 6.45) is 1.94. The van der Waals surface area contributed by atoms with Gasteiger partial charge in [0.15, 0.2) is 17.2 Å². The molecule has 3 aliphatic heterocycles. The average molecular weight is 390 g/mol. The summed E-state index contributed by atoms with van der Waals surface area (Å²) in [4.78, 5) is 28.9. The molecule has 3 fully saturated rings. The van der Waals surface area contributed by atoms with Gasteiger partial charge in [-0.05, 0) is 24.1 Å². The van der Waals surface area contributed by atoms with Gasteiger partial charge >= 0.3 is 0 Å². The van der Waals surface area contributed by atoms with Crippen LogP contribution in [0.25, 0.3) is 0 Å². The quantitative estimate of drug-likeness (QED) is 0.727. The zero-order chi connectivity index (χ0) is 19.9. The van der Waals surface area contributed by atoms with E-state index < -0.39 is 5.72 Å². The Morgan fingerprint density at radius 1 is 1.18 bits per heavy atom. The first-order chi connectivity index (χ1) is 13.5. The molecule has 3 heterocycles. The van der Waals surface area contributed by atoms with E-state index in [2.05, 4.69) is 0 Å². The molecule has 8 heteroatoms. The van der Waals surface area contributed by atoms with Gasteiger partial charge in [0.25, 0.3) is 0 Å². The molecule has 0 aromatic heterocycles. The topological polar surface area (TPSA) is 77.5 Å². The van der Waals surface area contributed by atoms with Crippen LogP contribution in [0.4, 0.5) is 0 Å². The van der Waals surface area contributed by atoms with Crippen molar-refractivity contribution in [2.24, 2.45) is 0 Å². The molecule has 4 rings (SSSR count). The zero-order valence-corrected chi connectivity index (χ0v) is 16.5. The summed E-state index contributed by atoms with van der Waals surface area (Å²) in [5.41, 5.74) is 0.345. The lowest BCUT2D eigenvalue weighted by atomic mass is 10.0. The number of carbonyl (C=O) groups is 2. The highest BCUT2D eigenvalue weighted by Crippen LogP contribution is 2.46. The van der Waals surface area contributed by atoms with Crippen LogP contribution in [0.3, 0.4) is 0 Å². The van der Waals surface area contributed by atoms with Crippen molar-refractivity contribution in [1.29, 1.82) is 0 Å². The predicted octanol–water partition coefficient (Wildman–Crippen LogP) is 1.20. The Morgan fingerprint density at radius 3 is 2.54 bits per heavy atom. The molecule has 28 heavy (non-hydrogen) atoms. The van der Waals surface area contributed by atoms with Crippen molar-refractivity contribution in [3.63, 3.8) is 0 Å². The summed E-state index contributed by atoms with van der Waals surface area (Å²) in [5.74, 6) is 1.80. The summed E-state index contributed by atoms with van der Waals surface area (Å²) in [5, 5.41) is 0. The number of nitrogens with zero attached hydrogens (tertiary/aromatic N) is 2. The van der Waals surface area contributed by atoms with Crippen molar-refractivity contribution in [2.45, 2.75) is 37.5 Å². The first kappa shape index (κ1) is 18.9. The Hall–Kier alpha value is -2.48. The summed E-state index contributed by atoms with van der Waals surface area (Å²) in [7, 11) is 4.70. The number of hydrogen-bond donors (Lipinski definition) is 0. The molecule has 0 radical (unpaired) electrons. The SMILES string of the molecule is COc1cc(CCC(=O)N2CC[C@@]34OCCN3C(=O)C[C@@H]24)cc(OC)c1OC. The van der Waals surface area contributed by atoms with E-state index in [0.29, 0.717) is 62.6 Å². The first-order valence-corrected chi connectivity index (χ1v) is 9.57. The number of hydrogen-bond acceptors (Lipinski definition) is 6. The molecule has 2 atom stereocenters. The van der Waals surface area contributed by atoms with Crippen molar-refractivity contribution in [3.8, 4) is 17.2 Å². The minimum Gasteiger partial charge on any atom is -0.493 e. The highest BCUT2D eigenvalue weighted by molar-refractivity contribution is 5.84. The number of likely N-dealkylation sites (tertiary alicyclic amines) is 1. The summed E-state index contributed by atoms with van der Waals surface area (Å²) in [6, 6.07) is 3.55. The highest BCUT2D eigenvalue weighted by atomic mass is 16.5. The normalized spacial score (nSPS) is 25.7. The second kappa shape index (κ2) is 7.16. The van der Waals surface area contributed by atoms with E-state index in [-0.39, 0.29) is 17.9 Å². The lowest BCUT2D eigenvalue weighted by Gasteiger charge is -2.31. The fourth-order valence-corrected chi connectivity index (χ4v) is 4.76. The van der Waals surface area contributed by atoms with Crippen LogP contribution in [0.5, 0.6) is 17.2 Å². The van der Waals surface area contributed by atoms with E-state index in [1.54, 1.807) is 21.3 Å². The molecule has 152 valence electrons. The number of rotatable bonds is 6. The maximum atomic E-state index is 12.9. The Bertz CT molecular complexity index is 772. The van der Waals surface area contributed by atoms with Gasteiger partial charge in [-0.3, -0.25) is 9.59 Å². The molecular formula is C20H26N2O6. The van der Waals surface area contributed by atoms with Crippen molar-refractivity contribution in [1.82, 2.24) is 9.80 Å². The monoisotopic (exact) mass is 390 g/mol. The summed E-state index contributed by atoms with van der Waals surface area (Å²) in [6.45, 7) is 1.81. The van der Waals surface area contributed by atoms with Crippen LogP contribution in [0.2, 0.25) is 0 Å². The number of amides is 2. The van der Waals surface area contributed by atoms with Crippen LogP contribution in [-0.2, 0) is 20.7 Å². The lowest BCUT2D eigenvalue weighted by Crippen LogP contribution is -2.48. The van der Waals surface area contributed by atoms with Crippen molar-refractivity contribution in [3.05, 3.63) is 17.7 Å². The van der Waals surface area contributed by atoms with Crippen LogP contribution in [-0.4, -0.2) is 74.4 Å². The highest BCUT2D eigenvalue weighted by Gasteiger charge is 2.62. The smallest absolute Gasteiger partial charge is 0.227 e. The van der Waals surface area contributed by atoms with Gasteiger partial charge < -0.3 is 28.7 Å². The molecule has 1 aromatic carbocycles. The number of ether oxygens (including phenoxy) is 4. The van der Waals surface area contributed by atoms with E-state index in [4.69, 9.17) is 18.9 Å². The number of aryl methyl sites for hydroxylation is 1. The molecule has 1 spiro atoms. The summed E-state index contributed by atoms with van der Waals surface area (Å²) < 4.78 is 22.1. The maximum Gasteiger partial charge on any atom is 0.227 e. The number of carbonyl (C=O) groups excluding carboxylic acids is 2. The molecule has 0 bridgehead atoms. The lowest BCUT2D eigenvalue weighted by molar-refractivity contribution is -0.139. The van der Waals surface area contributed by atoms with Crippen molar-refractivity contribution < 1.29 is 28.5 Å². The maximum absolute atomic E-state index is 12.9. The Morgan fingerprint density at radius 2 is 1.89 bits per heavy atom. The standard InChI is InChI=1S/C20H26N2O6/c1-25-14-10-13(11-15(26-2)19(14)27-3)4-5-17(23)21-7-6-20-16(21)12-18(24)22(20)8-9-28-20/h10-11,16H,4-9,12H2,1-3H3/t16-,20+/m1/s1. The molecule has 3 aliphatic rings. The third-order valence-corrected chi connectivity index (χ3v) is 6.07. The Balaban J connectivity index is 1.46. The van der Waals surface area contributed by atoms with Gasteiger partial charge in [0.2, 0.25) is 17.6 Å². The fraction of sp³-hybridized carbons (Fsp3) is 0.600. The van der Waals surface area contributed by atoms with Gasteiger partial charge in [0, 0.05) is 25.9 Å². The van der Waals surface area contributed by atoms with Gasteiger partial charge in [-0.25, -0.2) is 0 Å². The number of benzene rings is 1. The van der Waals surface area contributed by atoms with Gasteiger partial charge in [-0.2, -0.15) is 0 Å². The average Bonchev–Trinajstić information content (AvgIpc) is 3.36. The molecule has 0 aliphatic carbocycles. The molecule has 8 nitrogen and oxygen atoms in total. The first-order valence-electron chi connectivity index (χ1n) is 9.57. The molecule has 0 unspecified atom stereocenters. The predicted molar refractivity (Wildman–Crippen MR) is 99.6 cm³/mol. The second-order valence-electron chi connectivity index (χ2n) is 7.33. The minimum absolute atomic E-state index is 0.0424. The van der Waals surface area contributed by atoms with Crippen LogP contribution in [0, 0.1) is 0 Å². The van der Waals surface area contributed by atoms with Crippen LogP contribution >= 0.6 is 0 Å². The molecule has 0 saturated carbocycles. The van der Waals surface area contributed by atoms with Crippen LogP contribution in [0.15, 0.2) is 12.1 Å². The molecular weight excluding hydrogens is 364 g/mol. The molecule has 0 N–H and O–H groups in total. The Kier molecular flexibility index (Phi) is 4.82. The van der Waals surface area contributed by atoms with Gasteiger partial charge in [0.1, 0.15) is 0 Å². The van der Waals surface area contributed by atoms with Gasteiger partial charge in [-0.15, -0.1) is 0 Å². The fourth-order valence-electron chi connectivity index (χ4n) is 4.76. The van der Waals surface area contributed by atoms with E-state index in [0.717, 1.165) is 5.56 Å². The van der Waals surface area contributed by atoms with E-state index in [9.17, 15) is 9.59 Å². The van der Waals surface area contributed by atoms with Crippen molar-refractivity contribution >= 4 is 11.8 Å². The van der Waals surface area contributed by atoms with E-state index in [1.165, 1.54) is 0 Å². The third-order valence-electron chi connectivity index (χ3n) is 6.07. The summed E-state index contributed by atoms with van der Waals surface area (Å²) >= 11 is 0. The molecule has 3 saturated heterocycles. The van der Waals surface area contributed by atoms with E-state index in [1.807, 2.05) is 21.9 Å². The van der Waals surface area contributed by atoms with Crippen molar-refractivity contribution in [2.75, 3.05) is 41.0 Å². The Labute approximate surface area is 164 Å². The number of methoxy groups -OCH3 is 3. The second-order valence-corrected chi connectivity index (χ2v) is 7.33. The third kappa shape index (κ3) is 2.78. The zero-order valence-electron chi connectivity index (χ0n) is 16.5. The largest absolute Gasteiger partial charge is 0.493 e.